The zero-order valence-electron chi connectivity index (χ0n) is 15.3. The number of aliphatic hydroxyl groups is 1. The van der Waals surface area contributed by atoms with Gasteiger partial charge in [0.15, 0.2) is 6.61 Å². The van der Waals surface area contributed by atoms with Crippen molar-refractivity contribution in [1.29, 1.82) is 0 Å². The summed E-state index contributed by atoms with van der Waals surface area (Å²) in [7, 11) is 0. The van der Waals surface area contributed by atoms with Crippen LogP contribution in [0.4, 0.5) is 11.4 Å². The van der Waals surface area contributed by atoms with Gasteiger partial charge in [0.05, 0.1) is 22.2 Å². The highest BCUT2D eigenvalue weighted by Gasteiger charge is 2.15. The number of carbonyl (C=O) groups excluding carboxylic acids is 2. The van der Waals surface area contributed by atoms with Crippen LogP contribution in [0.1, 0.15) is 18.9 Å². The Kier molecular flexibility index (Phi) is 8.57. The van der Waals surface area contributed by atoms with Gasteiger partial charge in [0.25, 0.3) is 0 Å². The Bertz CT molecular complexity index is 808. The third kappa shape index (κ3) is 6.71. The quantitative estimate of drug-likeness (QED) is 0.587. The van der Waals surface area contributed by atoms with Crippen LogP contribution in [0.25, 0.3) is 0 Å². The van der Waals surface area contributed by atoms with Crippen molar-refractivity contribution < 1.29 is 24.2 Å². The zero-order valence-corrected chi connectivity index (χ0v) is 16.8. The predicted octanol–water partition coefficient (Wildman–Crippen LogP) is 4.14. The van der Waals surface area contributed by atoms with Gasteiger partial charge in [-0.05, 0) is 30.7 Å². The summed E-state index contributed by atoms with van der Waals surface area (Å²) in [5.41, 5.74) is 1.84. The number of hydrogen-bond acceptors (Lipinski definition) is 6. The first kappa shape index (κ1) is 22.0. The summed E-state index contributed by atoms with van der Waals surface area (Å²) < 4.78 is 9.99. The Labute approximate surface area is 173 Å². The summed E-state index contributed by atoms with van der Waals surface area (Å²) in [6, 6.07) is 12.3. The first-order valence-electron chi connectivity index (χ1n) is 8.65. The molecule has 28 heavy (non-hydrogen) atoms. The Morgan fingerprint density at radius 2 is 1.75 bits per heavy atom. The summed E-state index contributed by atoms with van der Waals surface area (Å²) in [5.74, 6) is -1.24. The van der Waals surface area contributed by atoms with E-state index in [-0.39, 0.29) is 13.0 Å². The number of ether oxygens (including phenoxy) is 2. The molecule has 2 aromatic carbocycles. The molecule has 0 bridgehead atoms. The lowest BCUT2D eigenvalue weighted by Crippen LogP contribution is -2.22. The van der Waals surface area contributed by atoms with Crippen LogP contribution in [0.2, 0.25) is 10.0 Å². The molecule has 0 aliphatic heterocycles. The molecule has 2 rings (SSSR count). The van der Waals surface area contributed by atoms with Crippen LogP contribution in [0.5, 0.6) is 0 Å². The third-order valence-corrected chi connectivity index (χ3v) is 4.42. The average molecular weight is 426 g/mol. The first-order chi connectivity index (χ1) is 13.4. The van der Waals surface area contributed by atoms with E-state index >= 15 is 0 Å². The van der Waals surface area contributed by atoms with Crippen LogP contribution in [0.15, 0.2) is 42.5 Å². The smallest absolute Gasteiger partial charge is 0.344 e. The predicted molar refractivity (Wildman–Crippen MR) is 108 cm³/mol. The molecule has 0 fully saturated rings. The van der Waals surface area contributed by atoms with Gasteiger partial charge >= 0.3 is 11.9 Å². The summed E-state index contributed by atoms with van der Waals surface area (Å²) in [4.78, 5) is 23.8. The lowest BCUT2D eigenvalue weighted by atomic mass is 10.1. The SMILES string of the molecule is CC(CCO)OC(=O)COC(=O)Cc1ccccc1Nc1c(Cl)cccc1Cl. The summed E-state index contributed by atoms with van der Waals surface area (Å²) in [6.07, 6.45) is -0.171. The Hall–Kier alpha value is -2.28. The molecule has 150 valence electrons. The molecule has 0 amide bonds. The highest BCUT2D eigenvalue weighted by Crippen LogP contribution is 2.33. The van der Waals surface area contributed by atoms with E-state index in [2.05, 4.69) is 5.32 Å². The van der Waals surface area contributed by atoms with Crippen molar-refractivity contribution in [2.75, 3.05) is 18.5 Å². The molecule has 0 saturated heterocycles. The number of rotatable bonds is 9. The van der Waals surface area contributed by atoms with Crippen molar-refractivity contribution in [3.8, 4) is 0 Å². The van der Waals surface area contributed by atoms with Crippen LogP contribution in [0, 0.1) is 0 Å². The number of halogens is 2. The Morgan fingerprint density at radius 1 is 1.07 bits per heavy atom. The first-order valence-corrected chi connectivity index (χ1v) is 9.41. The molecule has 0 saturated carbocycles. The van der Waals surface area contributed by atoms with Gasteiger partial charge in [-0.2, -0.15) is 0 Å². The van der Waals surface area contributed by atoms with E-state index in [1.807, 2.05) is 6.07 Å². The number of benzene rings is 2. The van der Waals surface area contributed by atoms with Crippen LogP contribution in [-0.4, -0.2) is 36.4 Å². The molecule has 0 heterocycles. The fraction of sp³-hybridized carbons (Fsp3) is 0.300. The van der Waals surface area contributed by atoms with Crippen LogP contribution in [-0.2, 0) is 25.5 Å². The van der Waals surface area contributed by atoms with Gasteiger partial charge in [-0.25, -0.2) is 4.79 Å². The standard InChI is InChI=1S/C20H21Cl2NO5/c1-13(9-10-24)28-19(26)12-27-18(25)11-14-5-2-3-8-17(14)23-20-15(21)6-4-7-16(20)22/h2-8,13,23-24H,9-12H2,1H3. The minimum absolute atomic E-state index is 0.0509. The number of aliphatic hydroxyl groups excluding tert-OH is 1. The molecular weight excluding hydrogens is 405 g/mol. The maximum absolute atomic E-state index is 12.1. The van der Waals surface area contributed by atoms with Crippen LogP contribution < -0.4 is 5.32 Å². The monoisotopic (exact) mass is 425 g/mol. The lowest BCUT2D eigenvalue weighted by molar-refractivity contribution is -0.161. The van der Waals surface area contributed by atoms with Gasteiger partial charge in [-0.3, -0.25) is 4.79 Å². The fourth-order valence-electron chi connectivity index (χ4n) is 2.39. The fourth-order valence-corrected chi connectivity index (χ4v) is 2.89. The van der Waals surface area contributed by atoms with E-state index in [4.69, 9.17) is 37.8 Å². The second-order valence-electron chi connectivity index (χ2n) is 6.03. The van der Waals surface area contributed by atoms with E-state index in [1.165, 1.54) is 0 Å². The normalized spacial score (nSPS) is 11.6. The number of hydrogen-bond donors (Lipinski definition) is 2. The average Bonchev–Trinajstić information content (AvgIpc) is 2.64. The van der Waals surface area contributed by atoms with Gasteiger partial charge in [0, 0.05) is 18.7 Å². The maximum atomic E-state index is 12.1. The number of carbonyl (C=O) groups is 2. The highest BCUT2D eigenvalue weighted by atomic mass is 35.5. The number of para-hydroxylation sites is 2. The van der Waals surface area contributed by atoms with Gasteiger partial charge in [-0.15, -0.1) is 0 Å². The molecule has 0 spiro atoms. The molecule has 0 radical (unpaired) electrons. The van der Waals surface area contributed by atoms with E-state index < -0.39 is 24.6 Å². The van der Waals surface area contributed by atoms with Crippen LogP contribution >= 0.6 is 23.2 Å². The number of nitrogens with one attached hydrogen (secondary N) is 1. The highest BCUT2D eigenvalue weighted by molar-refractivity contribution is 6.39. The minimum Gasteiger partial charge on any atom is -0.460 e. The van der Waals surface area contributed by atoms with E-state index in [0.29, 0.717) is 33.4 Å². The molecule has 8 heteroatoms. The van der Waals surface area contributed by atoms with Gasteiger partial charge in [-0.1, -0.05) is 47.5 Å². The van der Waals surface area contributed by atoms with Crippen molar-refractivity contribution in [2.45, 2.75) is 25.9 Å². The second-order valence-corrected chi connectivity index (χ2v) is 6.84. The Balaban J connectivity index is 1.97. The van der Waals surface area contributed by atoms with E-state index in [1.54, 1.807) is 43.3 Å². The minimum atomic E-state index is -0.663. The van der Waals surface area contributed by atoms with Gasteiger partial charge in [0.2, 0.25) is 0 Å². The topological polar surface area (TPSA) is 84.9 Å². The zero-order chi connectivity index (χ0) is 20.5. The van der Waals surface area contributed by atoms with Gasteiger partial charge in [0.1, 0.15) is 6.10 Å². The van der Waals surface area contributed by atoms with Crippen LogP contribution in [0.3, 0.4) is 0 Å². The lowest BCUT2D eigenvalue weighted by Gasteiger charge is -2.14. The maximum Gasteiger partial charge on any atom is 0.344 e. The molecule has 1 unspecified atom stereocenters. The molecule has 2 aromatic rings. The molecule has 1 atom stereocenters. The molecule has 2 N–H and O–H groups in total. The van der Waals surface area contributed by atoms with Crippen molar-refractivity contribution in [2.24, 2.45) is 0 Å². The third-order valence-electron chi connectivity index (χ3n) is 3.79. The molecular formula is C20H21Cl2NO5. The number of anilines is 2. The Morgan fingerprint density at radius 3 is 2.43 bits per heavy atom. The summed E-state index contributed by atoms with van der Waals surface area (Å²) in [6.45, 7) is 1.08. The number of esters is 2. The largest absolute Gasteiger partial charge is 0.460 e. The van der Waals surface area contributed by atoms with E-state index in [0.717, 1.165) is 0 Å². The molecule has 0 aliphatic carbocycles. The van der Waals surface area contributed by atoms with Crippen molar-refractivity contribution in [1.82, 2.24) is 0 Å². The second kappa shape index (κ2) is 10.9. The van der Waals surface area contributed by atoms with E-state index in [9.17, 15) is 9.59 Å². The molecule has 0 aliphatic rings. The van der Waals surface area contributed by atoms with Crippen molar-refractivity contribution in [3.05, 3.63) is 58.1 Å². The molecule has 6 nitrogen and oxygen atoms in total. The summed E-state index contributed by atoms with van der Waals surface area (Å²) in [5, 5.41) is 12.8. The van der Waals surface area contributed by atoms with Crippen molar-refractivity contribution >= 4 is 46.5 Å². The van der Waals surface area contributed by atoms with Crippen molar-refractivity contribution in [3.63, 3.8) is 0 Å². The molecule has 0 aromatic heterocycles. The van der Waals surface area contributed by atoms with Gasteiger partial charge < -0.3 is 19.9 Å². The summed E-state index contributed by atoms with van der Waals surface area (Å²) >= 11 is 12.4.